The van der Waals surface area contributed by atoms with Gasteiger partial charge in [0.2, 0.25) is 0 Å². The monoisotopic (exact) mass is 198 g/mol. The van der Waals surface area contributed by atoms with E-state index in [1.165, 1.54) is 0 Å². The summed E-state index contributed by atoms with van der Waals surface area (Å²) in [6.45, 7) is 3.77. The number of hydrogen-bond acceptors (Lipinski definition) is 3. The Balaban J connectivity index is 2.52. The van der Waals surface area contributed by atoms with E-state index >= 15 is 0 Å². The van der Waals surface area contributed by atoms with Crippen LogP contribution in [0.2, 0.25) is 0 Å². The molecule has 0 aliphatic rings. The normalized spacial score (nSPS) is 15.9. The molecule has 0 radical (unpaired) electrons. The van der Waals surface area contributed by atoms with Crippen molar-refractivity contribution in [3.63, 3.8) is 0 Å². The summed E-state index contributed by atoms with van der Waals surface area (Å²) < 4.78 is 1.68. The first kappa shape index (κ1) is 11.2. The summed E-state index contributed by atoms with van der Waals surface area (Å²) in [6, 6.07) is 0. The molecule has 1 aromatic heterocycles. The van der Waals surface area contributed by atoms with Gasteiger partial charge in [0.25, 0.3) is 0 Å². The van der Waals surface area contributed by atoms with E-state index in [-0.39, 0.29) is 5.92 Å². The smallest absolute Gasteiger partial charge is 0.0842 e. The highest BCUT2D eigenvalue weighted by Crippen LogP contribution is 2.11. The van der Waals surface area contributed by atoms with Gasteiger partial charge in [-0.25, -0.2) is 0 Å². The number of aliphatic hydroxyl groups is 2. The molecule has 0 saturated heterocycles. The van der Waals surface area contributed by atoms with Crippen molar-refractivity contribution < 1.29 is 10.2 Å². The van der Waals surface area contributed by atoms with Crippen LogP contribution in [0.25, 0.3) is 0 Å². The van der Waals surface area contributed by atoms with Crippen LogP contribution in [0.3, 0.4) is 0 Å². The maximum Gasteiger partial charge on any atom is 0.0842 e. The van der Waals surface area contributed by atoms with Crippen LogP contribution in [0.4, 0.5) is 0 Å². The number of aliphatic hydroxyl groups excluding tert-OH is 2. The van der Waals surface area contributed by atoms with Crippen LogP contribution < -0.4 is 0 Å². The van der Waals surface area contributed by atoms with Gasteiger partial charge in [0.1, 0.15) is 0 Å². The molecular formula is C10H18N2O2. The fourth-order valence-electron chi connectivity index (χ4n) is 1.38. The van der Waals surface area contributed by atoms with Gasteiger partial charge in [0.05, 0.1) is 18.4 Å². The molecule has 0 amide bonds. The van der Waals surface area contributed by atoms with Crippen LogP contribution in [0.5, 0.6) is 0 Å². The lowest BCUT2D eigenvalue weighted by molar-refractivity contribution is -0.00732. The van der Waals surface area contributed by atoms with Crippen molar-refractivity contribution in [2.24, 2.45) is 13.0 Å². The molecule has 1 rings (SSSR count). The zero-order valence-electron chi connectivity index (χ0n) is 8.88. The molecule has 4 nitrogen and oxygen atoms in total. The topological polar surface area (TPSA) is 58.3 Å². The average Bonchev–Trinajstić information content (AvgIpc) is 2.49. The van der Waals surface area contributed by atoms with Gasteiger partial charge in [0.15, 0.2) is 0 Å². The van der Waals surface area contributed by atoms with Gasteiger partial charge in [0, 0.05) is 19.7 Å². The molecule has 0 aliphatic carbocycles. The maximum absolute atomic E-state index is 9.66. The van der Waals surface area contributed by atoms with Crippen LogP contribution in [0.1, 0.15) is 19.4 Å². The second kappa shape index (κ2) is 4.57. The van der Waals surface area contributed by atoms with Crippen molar-refractivity contribution in [1.29, 1.82) is 0 Å². The summed E-state index contributed by atoms with van der Waals surface area (Å²) in [5.74, 6) is 0.0710. The van der Waals surface area contributed by atoms with Crippen LogP contribution >= 0.6 is 0 Å². The molecule has 2 unspecified atom stereocenters. The van der Waals surface area contributed by atoms with Crippen LogP contribution in [-0.2, 0) is 13.5 Å². The third-order valence-corrected chi connectivity index (χ3v) is 2.28. The van der Waals surface area contributed by atoms with Gasteiger partial charge >= 0.3 is 0 Å². The largest absolute Gasteiger partial charge is 0.390 e. The van der Waals surface area contributed by atoms with Crippen molar-refractivity contribution in [3.8, 4) is 0 Å². The van der Waals surface area contributed by atoms with Gasteiger partial charge < -0.3 is 10.2 Å². The van der Waals surface area contributed by atoms with Crippen molar-refractivity contribution in [2.45, 2.75) is 32.5 Å². The van der Waals surface area contributed by atoms with E-state index in [1.54, 1.807) is 10.9 Å². The molecule has 4 heteroatoms. The van der Waals surface area contributed by atoms with Crippen LogP contribution in [0.15, 0.2) is 12.4 Å². The third-order valence-electron chi connectivity index (χ3n) is 2.28. The molecule has 0 aromatic carbocycles. The third kappa shape index (κ3) is 2.82. The Morgan fingerprint density at radius 2 is 2.07 bits per heavy atom. The molecule has 1 heterocycles. The number of aryl methyl sites for hydroxylation is 1. The second-order valence-electron chi connectivity index (χ2n) is 4.03. The number of nitrogens with zero attached hydrogens (tertiary/aromatic N) is 2. The fraction of sp³-hybridized carbons (Fsp3) is 0.700. The van der Waals surface area contributed by atoms with Gasteiger partial charge in [-0.1, -0.05) is 13.8 Å². The minimum Gasteiger partial charge on any atom is -0.390 e. The Kier molecular flexibility index (Phi) is 3.66. The number of hydrogen-bond donors (Lipinski definition) is 2. The van der Waals surface area contributed by atoms with Crippen molar-refractivity contribution in [3.05, 3.63) is 18.0 Å². The molecule has 2 atom stereocenters. The molecule has 1 aromatic rings. The predicted molar refractivity (Wildman–Crippen MR) is 53.8 cm³/mol. The highest BCUT2D eigenvalue weighted by Gasteiger charge is 2.20. The fourth-order valence-corrected chi connectivity index (χ4v) is 1.38. The quantitative estimate of drug-likeness (QED) is 0.733. The standard InChI is InChI=1S/C10H18N2O2/c1-7(2)10(14)9(13)4-8-5-11-12(3)6-8/h5-7,9-10,13-14H,4H2,1-3H3. The SMILES string of the molecule is CC(C)C(O)C(O)Cc1cnn(C)c1. The Morgan fingerprint density at radius 3 is 2.50 bits per heavy atom. The predicted octanol–water partition coefficient (Wildman–Crippen LogP) is 0.340. The minimum absolute atomic E-state index is 0.0710. The van der Waals surface area contributed by atoms with E-state index in [4.69, 9.17) is 0 Å². The maximum atomic E-state index is 9.66. The van der Waals surface area contributed by atoms with Gasteiger partial charge in [-0.2, -0.15) is 5.10 Å². The van der Waals surface area contributed by atoms with Crippen LogP contribution in [0, 0.1) is 5.92 Å². The summed E-state index contributed by atoms with van der Waals surface area (Å²) in [6.07, 6.45) is 2.62. The molecule has 2 N–H and O–H groups in total. The van der Waals surface area contributed by atoms with Gasteiger partial charge in [-0.3, -0.25) is 4.68 Å². The van der Waals surface area contributed by atoms with E-state index in [0.717, 1.165) is 5.56 Å². The summed E-state index contributed by atoms with van der Waals surface area (Å²) in [4.78, 5) is 0. The molecule has 14 heavy (non-hydrogen) atoms. The molecular weight excluding hydrogens is 180 g/mol. The van der Waals surface area contributed by atoms with E-state index in [2.05, 4.69) is 5.10 Å². The Morgan fingerprint density at radius 1 is 1.43 bits per heavy atom. The first-order valence-corrected chi connectivity index (χ1v) is 4.84. The van der Waals surface area contributed by atoms with Crippen molar-refractivity contribution >= 4 is 0 Å². The van der Waals surface area contributed by atoms with Crippen molar-refractivity contribution in [1.82, 2.24) is 9.78 Å². The number of rotatable bonds is 4. The molecule has 0 spiro atoms. The van der Waals surface area contributed by atoms with Gasteiger partial charge in [-0.15, -0.1) is 0 Å². The first-order valence-electron chi connectivity index (χ1n) is 4.84. The van der Waals surface area contributed by atoms with Gasteiger partial charge in [-0.05, 0) is 11.5 Å². The van der Waals surface area contributed by atoms with E-state index in [9.17, 15) is 10.2 Å². The lowest BCUT2D eigenvalue weighted by atomic mass is 9.98. The van der Waals surface area contributed by atoms with E-state index in [0.29, 0.717) is 6.42 Å². The highest BCUT2D eigenvalue weighted by molar-refractivity contribution is 5.05. The Bertz CT molecular complexity index is 283. The average molecular weight is 198 g/mol. The first-order chi connectivity index (χ1) is 6.50. The zero-order chi connectivity index (χ0) is 10.7. The molecule has 80 valence electrons. The summed E-state index contributed by atoms with van der Waals surface area (Å²) in [5, 5.41) is 23.2. The summed E-state index contributed by atoms with van der Waals surface area (Å²) >= 11 is 0. The minimum atomic E-state index is -0.709. The molecule has 0 saturated carbocycles. The number of aromatic nitrogens is 2. The Hall–Kier alpha value is -0.870. The van der Waals surface area contributed by atoms with Crippen LogP contribution in [-0.4, -0.2) is 32.2 Å². The summed E-state index contributed by atoms with van der Waals surface area (Å²) in [5.41, 5.74) is 0.944. The lowest BCUT2D eigenvalue weighted by Gasteiger charge is -2.20. The molecule has 0 aliphatic heterocycles. The molecule has 0 fully saturated rings. The lowest BCUT2D eigenvalue weighted by Crippen LogP contribution is -2.32. The second-order valence-corrected chi connectivity index (χ2v) is 4.03. The highest BCUT2D eigenvalue weighted by atomic mass is 16.3. The van der Waals surface area contributed by atoms with E-state index < -0.39 is 12.2 Å². The van der Waals surface area contributed by atoms with Crippen molar-refractivity contribution in [2.75, 3.05) is 0 Å². The Labute approximate surface area is 84.2 Å². The zero-order valence-corrected chi connectivity index (χ0v) is 8.88. The molecule has 0 bridgehead atoms. The summed E-state index contributed by atoms with van der Waals surface area (Å²) in [7, 11) is 1.83. The van der Waals surface area contributed by atoms with E-state index in [1.807, 2.05) is 27.1 Å².